The first-order chi connectivity index (χ1) is 9.67. The van der Waals surface area contributed by atoms with Crippen molar-refractivity contribution in [1.82, 2.24) is 15.1 Å². The highest BCUT2D eigenvalue weighted by Crippen LogP contribution is 2.27. The van der Waals surface area contributed by atoms with Crippen LogP contribution in [0.4, 0.5) is 0 Å². The van der Waals surface area contributed by atoms with Crippen LogP contribution < -0.4 is 5.32 Å². The molecule has 2 rings (SSSR count). The molecule has 4 heteroatoms. The van der Waals surface area contributed by atoms with E-state index in [4.69, 9.17) is 0 Å². The molecule has 4 nitrogen and oxygen atoms in total. The number of nitrogens with zero attached hydrogens (tertiary/aromatic N) is 2. The van der Waals surface area contributed by atoms with Crippen LogP contribution in [0.5, 0.6) is 0 Å². The fraction of sp³-hybridized carbons (Fsp3) is 0.812. The summed E-state index contributed by atoms with van der Waals surface area (Å²) in [6.45, 7) is 5.83. The van der Waals surface area contributed by atoms with Crippen LogP contribution >= 0.6 is 0 Å². The Bertz CT molecular complexity index is 392. The van der Waals surface area contributed by atoms with E-state index in [0.29, 0.717) is 12.6 Å². The summed E-state index contributed by atoms with van der Waals surface area (Å²) in [7, 11) is 0. The summed E-state index contributed by atoms with van der Waals surface area (Å²) < 4.78 is 2.08. The fourth-order valence-corrected chi connectivity index (χ4v) is 3.15. The van der Waals surface area contributed by atoms with E-state index in [1.54, 1.807) is 0 Å². The minimum Gasteiger partial charge on any atom is -0.389 e. The first kappa shape index (κ1) is 15.5. The zero-order valence-electron chi connectivity index (χ0n) is 12.9. The third kappa shape index (κ3) is 4.06. The van der Waals surface area contributed by atoms with Crippen LogP contribution in [-0.2, 0) is 6.54 Å². The highest BCUT2D eigenvalue weighted by molar-refractivity contribution is 5.00. The van der Waals surface area contributed by atoms with Gasteiger partial charge in [0.1, 0.15) is 0 Å². The van der Waals surface area contributed by atoms with E-state index in [1.165, 1.54) is 6.42 Å². The van der Waals surface area contributed by atoms with Gasteiger partial charge in [-0.2, -0.15) is 5.10 Å². The molecule has 0 unspecified atom stereocenters. The molecule has 1 fully saturated rings. The molecule has 1 aliphatic rings. The van der Waals surface area contributed by atoms with E-state index in [1.807, 2.05) is 0 Å². The number of aromatic nitrogens is 2. The van der Waals surface area contributed by atoms with Gasteiger partial charge in [-0.15, -0.1) is 0 Å². The molecule has 0 bridgehead atoms. The fourth-order valence-electron chi connectivity index (χ4n) is 3.15. The monoisotopic (exact) mass is 279 g/mol. The van der Waals surface area contributed by atoms with Crippen LogP contribution in [0.2, 0.25) is 0 Å². The second kappa shape index (κ2) is 7.23. The Morgan fingerprint density at radius 3 is 2.65 bits per heavy atom. The van der Waals surface area contributed by atoms with Gasteiger partial charge >= 0.3 is 0 Å². The lowest BCUT2D eigenvalue weighted by Gasteiger charge is -2.32. The molecule has 0 aromatic carbocycles. The molecule has 0 aliphatic heterocycles. The van der Waals surface area contributed by atoms with Crippen molar-refractivity contribution in [2.45, 2.75) is 77.0 Å². The van der Waals surface area contributed by atoms with Gasteiger partial charge in [-0.05, 0) is 31.7 Å². The zero-order chi connectivity index (χ0) is 14.4. The maximum atomic E-state index is 10.4. The molecule has 1 aromatic rings. The molecule has 0 spiro atoms. The summed E-state index contributed by atoms with van der Waals surface area (Å²) in [5.41, 5.74) is 0.576. The summed E-state index contributed by atoms with van der Waals surface area (Å²) >= 11 is 0. The Morgan fingerprint density at radius 1 is 1.30 bits per heavy atom. The van der Waals surface area contributed by atoms with E-state index in [9.17, 15) is 5.11 Å². The molecule has 1 aliphatic carbocycles. The summed E-state index contributed by atoms with van der Waals surface area (Å²) in [5, 5.41) is 18.4. The number of aliphatic hydroxyl groups is 1. The van der Waals surface area contributed by atoms with E-state index in [-0.39, 0.29) is 0 Å². The molecule has 1 heterocycles. The van der Waals surface area contributed by atoms with Crippen LogP contribution in [-0.4, -0.2) is 27.0 Å². The maximum absolute atomic E-state index is 10.4. The Balaban J connectivity index is 1.79. The lowest BCUT2D eigenvalue weighted by molar-refractivity contribution is 0.00461. The molecule has 0 radical (unpaired) electrons. The predicted molar refractivity (Wildman–Crippen MR) is 81.6 cm³/mol. The van der Waals surface area contributed by atoms with Gasteiger partial charge in [0.25, 0.3) is 0 Å². The molecule has 0 atom stereocenters. The van der Waals surface area contributed by atoms with Crippen LogP contribution in [0.15, 0.2) is 12.3 Å². The SMILES string of the molecule is CCC(CC)n1ccc(CNCC2(O)CCCCC2)n1. The van der Waals surface area contributed by atoms with Crippen molar-refractivity contribution >= 4 is 0 Å². The highest BCUT2D eigenvalue weighted by atomic mass is 16.3. The number of hydrogen-bond donors (Lipinski definition) is 2. The Kier molecular flexibility index (Phi) is 5.61. The standard InChI is InChI=1S/C16H29N3O/c1-3-15(4-2)19-11-8-14(18-19)12-17-13-16(20)9-6-5-7-10-16/h8,11,15,17,20H,3-7,9-10,12-13H2,1-2H3. The quantitative estimate of drug-likeness (QED) is 0.806. The molecular weight excluding hydrogens is 250 g/mol. The Labute approximate surface area is 122 Å². The van der Waals surface area contributed by atoms with Crippen molar-refractivity contribution in [3.05, 3.63) is 18.0 Å². The van der Waals surface area contributed by atoms with Gasteiger partial charge in [0, 0.05) is 19.3 Å². The van der Waals surface area contributed by atoms with Crippen molar-refractivity contribution in [1.29, 1.82) is 0 Å². The third-order valence-corrected chi connectivity index (χ3v) is 4.52. The second-order valence-electron chi connectivity index (χ2n) is 6.15. The smallest absolute Gasteiger partial charge is 0.0771 e. The van der Waals surface area contributed by atoms with Crippen LogP contribution in [0.25, 0.3) is 0 Å². The van der Waals surface area contributed by atoms with Gasteiger partial charge in [0.05, 0.1) is 17.3 Å². The Morgan fingerprint density at radius 2 is 2.00 bits per heavy atom. The molecule has 1 saturated carbocycles. The van der Waals surface area contributed by atoms with Gasteiger partial charge < -0.3 is 10.4 Å². The van der Waals surface area contributed by atoms with Crippen molar-refractivity contribution in [3.63, 3.8) is 0 Å². The molecule has 1 aromatic heterocycles. The summed E-state index contributed by atoms with van der Waals surface area (Å²) in [5.74, 6) is 0. The second-order valence-corrected chi connectivity index (χ2v) is 6.15. The lowest BCUT2D eigenvalue weighted by atomic mass is 9.85. The molecule has 2 N–H and O–H groups in total. The van der Waals surface area contributed by atoms with Gasteiger partial charge in [-0.1, -0.05) is 33.1 Å². The average Bonchev–Trinajstić information content (AvgIpc) is 2.89. The van der Waals surface area contributed by atoms with Crippen molar-refractivity contribution in [3.8, 4) is 0 Å². The first-order valence-electron chi connectivity index (χ1n) is 8.14. The average molecular weight is 279 g/mol. The van der Waals surface area contributed by atoms with E-state index in [2.05, 4.69) is 41.2 Å². The van der Waals surface area contributed by atoms with Crippen LogP contribution in [0, 0.1) is 0 Å². The topological polar surface area (TPSA) is 50.1 Å². The van der Waals surface area contributed by atoms with Gasteiger partial charge in [0.15, 0.2) is 0 Å². The van der Waals surface area contributed by atoms with Gasteiger partial charge in [0.2, 0.25) is 0 Å². The number of nitrogens with one attached hydrogen (secondary N) is 1. The van der Waals surface area contributed by atoms with Crippen LogP contribution in [0.3, 0.4) is 0 Å². The zero-order valence-corrected chi connectivity index (χ0v) is 12.9. The molecular formula is C16H29N3O. The molecule has 114 valence electrons. The summed E-state index contributed by atoms with van der Waals surface area (Å²) in [6.07, 6.45) is 9.75. The van der Waals surface area contributed by atoms with Gasteiger partial charge in [-0.3, -0.25) is 4.68 Å². The number of hydrogen-bond acceptors (Lipinski definition) is 3. The first-order valence-corrected chi connectivity index (χ1v) is 8.14. The maximum Gasteiger partial charge on any atom is 0.0771 e. The predicted octanol–water partition coefficient (Wildman–Crippen LogP) is 3.03. The molecule has 20 heavy (non-hydrogen) atoms. The Hall–Kier alpha value is -0.870. The number of rotatable bonds is 7. The van der Waals surface area contributed by atoms with E-state index in [0.717, 1.165) is 50.8 Å². The van der Waals surface area contributed by atoms with Gasteiger partial charge in [-0.25, -0.2) is 0 Å². The summed E-state index contributed by atoms with van der Waals surface area (Å²) in [4.78, 5) is 0. The molecule has 0 saturated heterocycles. The summed E-state index contributed by atoms with van der Waals surface area (Å²) in [6, 6.07) is 2.59. The normalized spacial score (nSPS) is 18.6. The largest absolute Gasteiger partial charge is 0.389 e. The van der Waals surface area contributed by atoms with Crippen molar-refractivity contribution in [2.75, 3.05) is 6.54 Å². The van der Waals surface area contributed by atoms with E-state index < -0.39 is 5.60 Å². The minimum atomic E-state index is -0.490. The van der Waals surface area contributed by atoms with E-state index >= 15 is 0 Å². The highest BCUT2D eigenvalue weighted by Gasteiger charge is 2.28. The third-order valence-electron chi connectivity index (χ3n) is 4.52. The van der Waals surface area contributed by atoms with Crippen molar-refractivity contribution in [2.24, 2.45) is 0 Å². The van der Waals surface area contributed by atoms with Crippen LogP contribution in [0.1, 0.15) is 70.5 Å². The van der Waals surface area contributed by atoms with Crippen molar-refractivity contribution < 1.29 is 5.11 Å². The molecule has 0 amide bonds. The lowest BCUT2D eigenvalue weighted by Crippen LogP contribution is -2.41. The minimum absolute atomic E-state index is 0.490.